The number of rotatable bonds is 3. The number of pyridine rings is 1. The number of carbonyl (C=O) groups excluding carboxylic acids is 1. The third-order valence-electron chi connectivity index (χ3n) is 3.96. The van der Waals surface area contributed by atoms with Gasteiger partial charge in [-0.2, -0.15) is 0 Å². The summed E-state index contributed by atoms with van der Waals surface area (Å²) >= 11 is 0. The highest BCUT2D eigenvalue weighted by Crippen LogP contribution is 2.30. The third kappa shape index (κ3) is 2.50. The Labute approximate surface area is 129 Å². The maximum atomic E-state index is 12.4. The molecule has 22 heavy (non-hydrogen) atoms. The number of amides is 1. The Balaban J connectivity index is 1.87. The van der Waals surface area contributed by atoms with Gasteiger partial charge in [-0.3, -0.25) is 9.78 Å². The van der Waals surface area contributed by atoms with Crippen molar-refractivity contribution in [3.05, 3.63) is 59.4 Å². The lowest BCUT2D eigenvalue weighted by Crippen LogP contribution is -2.27. The molecule has 1 aromatic heterocycles. The Morgan fingerprint density at radius 3 is 2.45 bits per heavy atom. The minimum absolute atomic E-state index is 0.0391. The van der Waals surface area contributed by atoms with Gasteiger partial charge >= 0.3 is 0 Å². The standard InChI is InChI=1S/C16H16N2O3S/c1-11(12-5-7-13(8-6-12)22(2,20)21)18-10-15-14(16(18)19)4-3-9-17-15/h3-9,11H,10H2,1-2H3. The maximum Gasteiger partial charge on any atom is 0.256 e. The van der Waals surface area contributed by atoms with Crippen LogP contribution in [0.2, 0.25) is 0 Å². The van der Waals surface area contributed by atoms with Crippen molar-refractivity contribution < 1.29 is 13.2 Å². The molecule has 1 unspecified atom stereocenters. The van der Waals surface area contributed by atoms with Gasteiger partial charge in [-0.15, -0.1) is 0 Å². The lowest BCUT2D eigenvalue weighted by Gasteiger charge is -2.24. The van der Waals surface area contributed by atoms with Crippen LogP contribution in [0.25, 0.3) is 0 Å². The van der Waals surface area contributed by atoms with Gasteiger partial charge in [-0.1, -0.05) is 12.1 Å². The Bertz CT molecular complexity index is 829. The summed E-state index contributed by atoms with van der Waals surface area (Å²) in [6.45, 7) is 2.41. The zero-order valence-electron chi connectivity index (χ0n) is 12.4. The van der Waals surface area contributed by atoms with Gasteiger partial charge in [0.05, 0.1) is 28.7 Å². The van der Waals surface area contributed by atoms with Gasteiger partial charge in [0.25, 0.3) is 5.91 Å². The van der Waals surface area contributed by atoms with Crippen molar-refractivity contribution in [1.29, 1.82) is 0 Å². The van der Waals surface area contributed by atoms with E-state index in [9.17, 15) is 13.2 Å². The van der Waals surface area contributed by atoms with Gasteiger partial charge in [-0.05, 0) is 36.8 Å². The van der Waals surface area contributed by atoms with Crippen LogP contribution in [0.5, 0.6) is 0 Å². The summed E-state index contributed by atoms with van der Waals surface area (Å²) in [5, 5.41) is 0. The molecule has 0 fully saturated rings. The maximum absolute atomic E-state index is 12.4. The first-order valence-electron chi connectivity index (χ1n) is 6.93. The zero-order chi connectivity index (χ0) is 15.9. The smallest absolute Gasteiger partial charge is 0.256 e. The number of hydrogen-bond donors (Lipinski definition) is 0. The van der Waals surface area contributed by atoms with Crippen molar-refractivity contribution >= 4 is 15.7 Å². The van der Waals surface area contributed by atoms with E-state index < -0.39 is 9.84 Å². The fraction of sp³-hybridized carbons (Fsp3) is 0.250. The second-order valence-corrected chi connectivity index (χ2v) is 7.46. The highest BCUT2D eigenvalue weighted by atomic mass is 32.2. The van der Waals surface area contributed by atoms with Gasteiger partial charge in [0.1, 0.15) is 0 Å². The molecule has 0 bridgehead atoms. The molecule has 0 saturated carbocycles. The molecule has 6 heteroatoms. The second-order valence-electron chi connectivity index (χ2n) is 5.45. The van der Waals surface area contributed by atoms with Crippen LogP contribution in [0.4, 0.5) is 0 Å². The Morgan fingerprint density at radius 2 is 1.86 bits per heavy atom. The Morgan fingerprint density at radius 1 is 1.18 bits per heavy atom. The minimum atomic E-state index is -3.21. The van der Waals surface area contributed by atoms with E-state index in [-0.39, 0.29) is 16.8 Å². The summed E-state index contributed by atoms with van der Waals surface area (Å²) < 4.78 is 23.0. The fourth-order valence-corrected chi connectivity index (χ4v) is 3.26. The molecular weight excluding hydrogens is 300 g/mol. The van der Waals surface area contributed by atoms with Crippen molar-refractivity contribution in [3.8, 4) is 0 Å². The van der Waals surface area contributed by atoms with Crippen LogP contribution in [0, 0.1) is 0 Å². The Kier molecular flexibility index (Phi) is 3.48. The Hall–Kier alpha value is -2.21. The molecule has 1 aliphatic heterocycles. The summed E-state index contributed by atoms with van der Waals surface area (Å²) in [4.78, 5) is 18.7. The molecule has 1 atom stereocenters. The first-order chi connectivity index (χ1) is 10.4. The largest absolute Gasteiger partial charge is 0.326 e. The topological polar surface area (TPSA) is 67.3 Å². The van der Waals surface area contributed by atoms with Gasteiger partial charge in [-0.25, -0.2) is 8.42 Å². The molecule has 2 heterocycles. The molecule has 0 aliphatic carbocycles. The first-order valence-corrected chi connectivity index (χ1v) is 8.82. The van der Waals surface area contributed by atoms with E-state index in [0.29, 0.717) is 12.1 Å². The van der Waals surface area contributed by atoms with Crippen molar-refractivity contribution in [1.82, 2.24) is 9.88 Å². The average molecular weight is 316 g/mol. The molecule has 2 aromatic rings. The third-order valence-corrected chi connectivity index (χ3v) is 5.09. The molecule has 0 radical (unpaired) electrons. The van der Waals surface area contributed by atoms with Gasteiger partial charge in [0, 0.05) is 12.5 Å². The molecule has 1 aliphatic rings. The SMILES string of the molecule is CC(c1ccc(S(C)(=O)=O)cc1)N1Cc2ncccc2C1=O. The van der Waals surface area contributed by atoms with Crippen molar-refractivity contribution in [2.24, 2.45) is 0 Å². The summed E-state index contributed by atoms with van der Waals surface area (Å²) in [5.74, 6) is -0.0391. The number of nitrogens with zero attached hydrogens (tertiary/aromatic N) is 2. The van der Waals surface area contributed by atoms with Gasteiger partial charge in [0.2, 0.25) is 0 Å². The normalized spacial score (nSPS) is 15.7. The van der Waals surface area contributed by atoms with E-state index in [1.54, 1.807) is 47.5 Å². The quantitative estimate of drug-likeness (QED) is 0.870. The van der Waals surface area contributed by atoms with Crippen LogP contribution in [0.15, 0.2) is 47.5 Å². The van der Waals surface area contributed by atoms with Crippen LogP contribution in [-0.2, 0) is 16.4 Å². The molecule has 1 aromatic carbocycles. The van der Waals surface area contributed by atoms with Crippen LogP contribution in [0.3, 0.4) is 0 Å². The molecule has 0 N–H and O–H groups in total. The van der Waals surface area contributed by atoms with E-state index in [1.807, 2.05) is 6.92 Å². The van der Waals surface area contributed by atoms with E-state index in [4.69, 9.17) is 0 Å². The highest BCUT2D eigenvalue weighted by molar-refractivity contribution is 7.90. The van der Waals surface area contributed by atoms with E-state index >= 15 is 0 Å². The van der Waals surface area contributed by atoms with Crippen molar-refractivity contribution in [2.45, 2.75) is 24.4 Å². The van der Waals surface area contributed by atoms with Crippen molar-refractivity contribution in [3.63, 3.8) is 0 Å². The zero-order valence-corrected chi connectivity index (χ0v) is 13.2. The molecule has 3 rings (SSSR count). The first kappa shape index (κ1) is 14.7. The average Bonchev–Trinajstić information content (AvgIpc) is 2.83. The van der Waals surface area contributed by atoms with Gasteiger partial charge in [0.15, 0.2) is 9.84 Å². The van der Waals surface area contributed by atoms with Crippen LogP contribution < -0.4 is 0 Å². The minimum Gasteiger partial charge on any atom is -0.326 e. The summed E-state index contributed by atoms with van der Waals surface area (Å²) in [5.41, 5.74) is 2.32. The number of sulfone groups is 1. The molecule has 114 valence electrons. The number of carbonyl (C=O) groups is 1. The second kappa shape index (κ2) is 5.21. The predicted octanol–water partition coefficient (Wildman–Crippen LogP) is 2.20. The monoisotopic (exact) mass is 316 g/mol. The number of aromatic nitrogens is 1. The molecule has 0 saturated heterocycles. The summed E-state index contributed by atoms with van der Waals surface area (Å²) in [6.07, 6.45) is 2.86. The van der Waals surface area contributed by atoms with Crippen molar-refractivity contribution in [2.75, 3.05) is 6.26 Å². The lowest BCUT2D eigenvalue weighted by molar-refractivity contribution is 0.0715. The molecule has 5 nitrogen and oxygen atoms in total. The van der Waals surface area contributed by atoms with Gasteiger partial charge < -0.3 is 4.90 Å². The van der Waals surface area contributed by atoms with Crippen LogP contribution in [0.1, 0.15) is 34.6 Å². The molecular formula is C16H16N2O3S. The fourth-order valence-electron chi connectivity index (χ4n) is 2.63. The van der Waals surface area contributed by atoms with E-state index in [1.165, 1.54) is 6.26 Å². The summed E-state index contributed by atoms with van der Waals surface area (Å²) in [6, 6.07) is 10.1. The lowest BCUT2D eigenvalue weighted by atomic mass is 10.1. The molecule has 0 spiro atoms. The molecule has 1 amide bonds. The number of benzene rings is 1. The van der Waals surface area contributed by atoms with E-state index in [2.05, 4.69) is 4.98 Å². The van der Waals surface area contributed by atoms with Crippen LogP contribution in [-0.4, -0.2) is 30.5 Å². The highest BCUT2D eigenvalue weighted by Gasteiger charge is 2.32. The number of hydrogen-bond acceptors (Lipinski definition) is 4. The number of fused-ring (bicyclic) bond motifs is 1. The van der Waals surface area contributed by atoms with Crippen LogP contribution >= 0.6 is 0 Å². The van der Waals surface area contributed by atoms with E-state index in [0.717, 1.165) is 11.3 Å². The summed E-state index contributed by atoms with van der Waals surface area (Å²) in [7, 11) is -3.21. The predicted molar refractivity (Wildman–Crippen MR) is 82.1 cm³/mol.